The molecule has 0 spiro atoms. The summed E-state index contributed by atoms with van der Waals surface area (Å²) < 4.78 is 16.7. The van der Waals surface area contributed by atoms with Crippen LogP contribution in [0, 0.1) is 0 Å². The van der Waals surface area contributed by atoms with Crippen molar-refractivity contribution in [3.05, 3.63) is 83.3 Å². The zero-order chi connectivity index (χ0) is 24.8. The van der Waals surface area contributed by atoms with E-state index in [0.717, 1.165) is 11.3 Å². The molecule has 1 heterocycles. The first-order chi connectivity index (χ1) is 17.0. The van der Waals surface area contributed by atoms with E-state index in [9.17, 15) is 9.59 Å². The second-order valence-electron chi connectivity index (χ2n) is 7.33. The van der Waals surface area contributed by atoms with E-state index in [1.165, 1.54) is 23.8 Å². The lowest BCUT2D eigenvalue weighted by Crippen LogP contribution is -2.27. The average Bonchev–Trinajstić information content (AvgIpc) is 3.16. The van der Waals surface area contributed by atoms with Crippen LogP contribution in [-0.4, -0.2) is 37.0 Å². The van der Waals surface area contributed by atoms with Crippen LogP contribution in [0.5, 0.6) is 17.2 Å². The highest BCUT2D eigenvalue weighted by atomic mass is 32.2. The first-order valence-electron chi connectivity index (χ1n) is 10.6. The minimum Gasteiger partial charge on any atom is -0.497 e. The van der Waals surface area contributed by atoms with E-state index >= 15 is 0 Å². The lowest BCUT2D eigenvalue weighted by atomic mass is 10.2. The van der Waals surface area contributed by atoms with E-state index in [4.69, 9.17) is 26.4 Å². The molecule has 0 aromatic heterocycles. The number of ether oxygens (including phenoxy) is 3. The predicted octanol–water partition coefficient (Wildman–Crippen LogP) is 5.13. The maximum atomic E-state index is 12.9. The topological polar surface area (TPSA) is 77.1 Å². The number of nitrogens with zero attached hydrogens (tertiary/aromatic N) is 1. The van der Waals surface area contributed by atoms with Gasteiger partial charge in [0.1, 0.15) is 5.75 Å². The Labute approximate surface area is 212 Å². The minimum atomic E-state index is -0.314. The van der Waals surface area contributed by atoms with E-state index < -0.39 is 0 Å². The number of anilines is 2. The van der Waals surface area contributed by atoms with Gasteiger partial charge in [0.05, 0.1) is 24.8 Å². The quantitative estimate of drug-likeness (QED) is 0.335. The SMILES string of the molecule is COc1ccc(NC(=O)COc2ccc(/C=C3\SC(=S)N(c4ccccc4)C3=O)cc2OC)cc1. The molecule has 0 unspecified atom stereocenters. The molecule has 0 radical (unpaired) electrons. The number of methoxy groups -OCH3 is 2. The van der Waals surface area contributed by atoms with E-state index in [-0.39, 0.29) is 18.4 Å². The van der Waals surface area contributed by atoms with Crippen molar-refractivity contribution in [1.82, 2.24) is 0 Å². The monoisotopic (exact) mass is 506 g/mol. The summed E-state index contributed by atoms with van der Waals surface area (Å²) in [5.41, 5.74) is 2.10. The molecule has 3 aromatic rings. The molecule has 1 fully saturated rings. The van der Waals surface area contributed by atoms with Crippen LogP contribution in [0.4, 0.5) is 11.4 Å². The Balaban J connectivity index is 1.42. The van der Waals surface area contributed by atoms with E-state index in [1.807, 2.05) is 30.3 Å². The van der Waals surface area contributed by atoms with Crippen molar-refractivity contribution in [1.29, 1.82) is 0 Å². The third-order valence-electron chi connectivity index (χ3n) is 5.03. The van der Waals surface area contributed by atoms with Gasteiger partial charge in [-0.3, -0.25) is 14.5 Å². The van der Waals surface area contributed by atoms with Crippen LogP contribution in [-0.2, 0) is 9.59 Å². The molecule has 0 atom stereocenters. The van der Waals surface area contributed by atoms with Crippen molar-refractivity contribution in [2.24, 2.45) is 0 Å². The van der Waals surface area contributed by atoms with Gasteiger partial charge in [-0.2, -0.15) is 0 Å². The van der Waals surface area contributed by atoms with Crippen LogP contribution in [0.2, 0.25) is 0 Å². The Kier molecular flexibility index (Phi) is 7.69. The van der Waals surface area contributed by atoms with Gasteiger partial charge in [0.2, 0.25) is 0 Å². The fraction of sp³-hybridized carbons (Fsp3) is 0.115. The molecule has 0 bridgehead atoms. The Hall–Kier alpha value is -3.82. The Morgan fingerprint density at radius 2 is 1.74 bits per heavy atom. The molecule has 7 nitrogen and oxygen atoms in total. The van der Waals surface area contributed by atoms with E-state index in [1.54, 1.807) is 55.7 Å². The number of rotatable bonds is 8. The van der Waals surface area contributed by atoms with Gasteiger partial charge in [-0.15, -0.1) is 0 Å². The zero-order valence-electron chi connectivity index (χ0n) is 19.0. The summed E-state index contributed by atoms with van der Waals surface area (Å²) in [7, 11) is 3.09. The van der Waals surface area contributed by atoms with Crippen molar-refractivity contribution >= 4 is 57.6 Å². The van der Waals surface area contributed by atoms with Crippen LogP contribution < -0.4 is 24.4 Å². The van der Waals surface area contributed by atoms with Gasteiger partial charge >= 0.3 is 0 Å². The molecule has 178 valence electrons. The maximum absolute atomic E-state index is 12.9. The number of para-hydroxylation sites is 1. The number of benzene rings is 3. The van der Waals surface area contributed by atoms with Gasteiger partial charge in [0.15, 0.2) is 22.4 Å². The number of hydrogen-bond donors (Lipinski definition) is 1. The third kappa shape index (κ3) is 5.82. The molecule has 0 saturated carbocycles. The molecular weight excluding hydrogens is 484 g/mol. The van der Waals surface area contributed by atoms with Crippen molar-refractivity contribution in [2.75, 3.05) is 31.0 Å². The first kappa shape index (κ1) is 24.3. The average molecular weight is 507 g/mol. The molecule has 1 saturated heterocycles. The molecule has 3 aromatic carbocycles. The lowest BCUT2D eigenvalue weighted by Gasteiger charge is -2.14. The molecule has 1 aliphatic rings. The normalized spacial score (nSPS) is 14.2. The number of thiocarbonyl (C=S) groups is 1. The number of carbonyl (C=O) groups is 2. The summed E-state index contributed by atoms with van der Waals surface area (Å²) in [5, 5.41) is 2.76. The number of nitrogens with one attached hydrogen (secondary N) is 1. The summed E-state index contributed by atoms with van der Waals surface area (Å²) in [4.78, 5) is 27.2. The molecule has 9 heteroatoms. The van der Waals surface area contributed by atoms with Gasteiger partial charge in [-0.05, 0) is 60.2 Å². The Morgan fingerprint density at radius 3 is 2.43 bits per heavy atom. The number of thioether (sulfide) groups is 1. The van der Waals surface area contributed by atoms with Crippen molar-refractivity contribution in [3.8, 4) is 17.2 Å². The summed E-state index contributed by atoms with van der Waals surface area (Å²) in [6, 6.07) is 21.5. The van der Waals surface area contributed by atoms with Crippen LogP contribution in [0.3, 0.4) is 0 Å². The highest BCUT2D eigenvalue weighted by Gasteiger charge is 2.33. The largest absolute Gasteiger partial charge is 0.497 e. The van der Waals surface area contributed by atoms with Crippen molar-refractivity contribution in [3.63, 3.8) is 0 Å². The number of hydrogen-bond acceptors (Lipinski definition) is 7. The van der Waals surface area contributed by atoms with Crippen LogP contribution in [0.1, 0.15) is 5.56 Å². The summed E-state index contributed by atoms with van der Waals surface area (Å²) in [6.45, 7) is -0.197. The fourth-order valence-electron chi connectivity index (χ4n) is 3.33. The van der Waals surface area contributed by atoms with Crippen LogP contribution in [0.25, 0.3) is 6.08 Å². The molecule has 2 amide bonds. The minimum absolute atomic E-state index is 0.180. The van der Waals surface area contributed by atoms with Crippen molar-refractivity contribution < 1.29 is 23.8 Å². The standard InChI is InChI=1S/C26H22N2O5S2/c1-31-20-11-9-18(10-12-20)27-24(29)16-33-21-13-8-17(14-22(21)32-2)15-23-25(30)28(26(34)35-23)19-6-4-3-5-7-19/h3-15H,16H2,1-2H3,(H,27,29)/b23-15-. The van der Waals surface area contributed by atoms with Crippen molar-refractivity contribution in [2.45, 2.75) is 0 Å². The number of amides is 2. The van der Waals surface area contributed by atoms with Crippen LogP contribution in [0.15, 0.2) is 77.7 Å². The van der Waals surface area contributed by atoms with Gasteiger partial charge in [-0.1, -0.05) is 48.2 Å². The van der Waals surface area contributed by atoms with Gasteiger partial charge in [-0.25, -0.2) is 0 Å². The van der Waals surface area contributed by atoms with E-state index in [0.29, 0.717) is 32.2 Å². The third-order valence-corrected chi connectivity index (χ3v) is 6.33. The smallest absolute Gasteiger partial charge is 0.270 e. The van der Waals surface area contributed by atoms with Gasteiger partial charge in [0, 0.05) is 5.69 Å². The zero-order valence-corrected chi connectivity index (χ0v) is 20.7. The second kappa shape index (κ2) is 11.1. The summed E-state index contributed by atoms with van der Waals surface area (Å²) in [5.74, 6) is 1.05. The maximum Gasteiger partial charge on any atom is 0.270 e. The highest BCUT2D eigenvalue weighted by molar-refractivity contribution is 8.27. The lowest BCUT2D eigenvalue weighted by molar-refractivity contribution is -0.118. The second-order valence-corrected chi connectivity index (χ2v) is 9.00. The predicted molar refractivity (Wildman–Crippen MR) is 142 cm³/mol. The first-order valence-corrected chi connectivity index (χ1v) is 11.8. The summed E-state index contributed by atoms with van der Waals surface area (Å²) in [6.07, 6.45) is 1.75. The van der Waals surface area contributed by atoms with Gasteiger partial charge < -0.3 is 19.5 Å². The van der Waals surface area contributed by atoms with E-state index in [2.05, 4.69) is 5.32 Å². The van der Waals surface area contributed by atoms with Crippen LogP contribution >= 0.6 is 24.0 Å². The molecule has 1 N–H and O–H groups in total. The van der Waals surface area contributed by atoms with Gasteiger partial charge in [0.25, 0.3) is 11.8 Å². The molecule has 1 aliphatic heterocycles. The fourth-order valence-corrected chi connectivity index (χ4v) is 4.63. The molecular formula is C26H22N2O5S2. The Morgan fingerprint density at radius 1 is 1.00 bits per heavy atom. The molecule has 35 heavy (non-hydrogen) atoms. The molecule has 4 rings (SSSR count). The highest BCUT2D eigenvalue weighted by Crippen LogP contribution is 2.37. The molecule has 0 aliphatic carbocycles. The summed E-state index contributed by atoms with van der Waals surface area (Å²) >= 11 is 6.66. The Bertz CT molecular complexity index is 1280. The number of carbonyl (C=O) groups excluding carboxylic acids is 2.